The Balaban J connectivity index is 1.60. The van der Waals surface area contributed by atoms with Crippen molar-refractivity contribution >= 4 is 40.9 Å². The average Bonchev–Trinajstić information content (AvgIpc) is 2.88. The maximum Gasteiger partial charge on any atom is 0.329 e. The normalized spacial score (nSPS) is 11.1. The van der Waals surface area contributed by atoms with Gasteiger partial charge in [0.15, 0.2) is 0 Å². The van der Waals surface area contributed by atoms with Crippen molar-refractivity contribution < 1.29 is 19.1 Å². The monoisotopic (exact) mass is 470 g/mol. The minimum absolute atomic E-state index is 0.195. The molecule has 3 rings (SSSR count). The smallest absolute Gasteiger partial charge is 0.329 e. The molecule has 0 saturated carbocycles. The molecule has 0 aromatic heterocycles. The Morgan fingerprint density at radius 2 is 1.54 bits per heavy atom. The molecule has 0 atom stereocenters. The van der Waals surface area contributed by atoms with Gasteiger partial charge in [-0.2, -0.15) is 5.10 Å². The number of hydrogen-bond donors (Lipinski definition) is 3. The van der Waals surface area contributed by atoms with Crippen LogP contribution in [0.1, 0.15) is 29.8 Å². The van der Waals surface area contributed by atoms with Crippen LogP contribution >= 0.6 is 0 Å². The second-order valence-electron chi connectivity index (χ2n) is 7.35. The molecular formula is C27H26N4O4. The predicted octanol–water partition coefficient (Wildman–Crippen LogP) is 4.48. The number of ether oxygens (including phenoxy) is 1. The van der Waals surface area contributed by atoms with Gasteiger partial charge in [-0.15, -0.1) is 0 Å². The lowest BCUT2D eigenvalue weighted by atomic mass is 10.1. The average molecular weight is 471 g/mol. The number of hydrazone groups is 1. The topological polar surface area (TPSA) is 109 Å². The standard InChI is InChI=1S/C27H26N4O4/c1-3-35-22-17-15-21(16-18-22)28-25(32)23-11-7-8-12-24(23)29-26(33)27(34)31-30-19(2)13-14-20-9-5-4-6-10-20/h4-18H,3H2,1-2H3,(H,28,32)(H,29,33)(H,31,34)/b14-13+,30-19-. The van der Waals surface area contributed by atoms with Crippen LogP contribution in [-0.4, -0.2) is 30.0 Å². The lowest BCUT2D eigenvalue weighted by molar-refractivity contribution is -0.136. The number of carbonyl (C=O) groups is 3. The summed E-state index contributed by atoms with van der Waals surface area (Å²) in [5, 5.41) is 9.14. The summed E-state index contributed by atoms with van der Waals surface area (Å²) in [6, 6.07) is 22.9. The molecule has 0 fully saturated rings. The lowest BCUT2D eigenvalue weighted by Crippen LogP contribution is -2.33. The van der Waals surface area contributed by atoms with Crippen LogP contribution in [0.25, 0.3) is 6.08 Å². The van der Waals surface area contributed by atoms with E-state index < -0.39 is 17.7 Å². The number of nitrogens with one attached hydrogen (secondary N) is 3. The molecule has 0 heterocycles. The van der Waals surface area contributed by atoms with E-state index in [0.29, 0.717) is 23.8 Å². The van der Waals surface area contributed by atoms with Crippen molar-refractivity contribution in [1.29, 1.82) is 0 Å². The Morgan fingerprint density at radius 3 is 2.26 bits per heavy atom. The third-order valence-corrected chi connectivity index (χ3v) is 4.70. The van der Waals surface area contributed by atoms with Gasteiger partial charge in [0, 0.05) is 5.69 Å². The van der Waals surface area contributed by atoms with Crippen molar-refractivity contribution in [1.82, 2.24) is 5.43 Å². The van der Waals surface area contributed by atoms with Crippen LogP contribution in [0, 0.1) is 0 Å². The number of amides is 3. The van der Waals surface area contributed by atoms with E-state index >= 15 is 0 Å². The first kappa shape index (κ1) is 24.9. The molecule has 0 radical (unpaired) electrons. The van der Waals surface area contributed by atoms with Crippen LogP contribution in [0.15, 0.2) is 90.0 Å². The Hall–Kier alpha value is -4.72. The van der Waals surface area contributed by atoms with Gasteiger partial charge in [-0.3, -0.25) is 14.4 Å². The molecule has 0 bridgehead atoms. The second kappa shape index (κ2) is 12.5. The van der Waals surface area contributed by atoms with Crippen LogP contribution in [-0.2, 0) is 9.59 Å². The van der Waals surface area contributed by atoms with Crippen molar-refractivity contribution in [3.05, 3.63) is 96.1 Å². The Bertz CT molecular complexity index is 1240. The van der Waals surface area contributed by atoms with E-state index in [2.05, 4.69) is 21.2 Å². The van der Waals surface area contributed by atoms with Crippen LogP contribution in [0.2, 0.25) is 0 Å². The number of carbonyl (C=O) groups excluding carboxylic acids is 3. The highest BCUT2D eigenvalue weighted by atomic mass is 16.5. The van der Waals surface area contributed by atoms with Gasteiger partial charge in [-0.1, -0.05) is 48.5 Å². The van der Waals surface area contributed by atoms with Crippen molar-refractivity contribution in [2.45, 2.75) is 13.8 Å². The molecule has 178 valence electrons. The first-order valence-electron chi connectivity index (χ1n) is 11.0. The molecule has 0 aliphatic rings. The molecule has 0 unspecified atom stereocenters. The van der Waals surface area contributed by atoms with Gasteiger partial charge in [0.2, 0.25) is 0 Å². The van der Waals surface area contributed by atoms with Gasteiger partial charge in [-0.05, 0) is 61.9 Å². The van der Waals surface area contributed by atoms with E-state index in [1.165, 1.54) is 6.07 Å². The summed E-state index contributed by atoms with van der Waals surface area (Å²) in [4.78, 5) is 37.4. The van der Waals surface area contributed by atoms with E-state index in [-0.39, 0.29) is 11.3 Å². The summed E-state index contributed by atoms with van der Waals surface area (Å²) in [6.07, 6.45) is 3.55. The number of anilines is 2. The zero-order valence-corrected chi connectivity index (χ0v) is 19.4. The first-order chi connectivity index (χ1) is 17.0. The predicted molar refractivity (Wildman–Crippen MR) is 137 cm³/mol. The van der Waals surface area contributed by atoms with Crippen molar-refractivity contribution in [3.63, 3.8) is 0 Å². The molecule has 0 aliphatic heterocycles. The molecule has 3 aromatic rings. The van der Waals surface area contributed by atoms with E-state index in [4.69, 9.17) is 4.74 Å². The molecule has 3 N–H and O–H groups in total. The quantitative estimate of drug-likeness (QED) is 0.256. The second-order valence-corrected chi connectivity index (χ2v) is 7.35. The number of nitrogens with zero attached hydrogens (tertiary/aromatic N) is 1. The van der Waals surface area contributed by atoms with Gasteiger partial charge in [0.1, 0.15) is 5.75 Å². The Labute approximate surface area is 203 Å². The SMILES string of the molecule is CCOc1ccc(NC(=O)c2ccccc2NC(=O)C(=O)N/N=C(C)\C=C\c2ccccc2)cc1. The largest absolute Gasteiger partial charge is 0.494 e. The summed E-state index contributed by atoms with van der Waals surface area (Å²) in [7, 11) is 0. The van der Waals surface area contributed by atoms with E-state index in [0.717, 1.165) is 5.56 Å². The maximum atomic E-state index is 12.8. The number of para-hydroxylation sites is 1. The third-order valence-electron chi connectivity index (χ3n) is 4.70. The minimum atomic E-state index is -0.959. The van der Waals surface area contributed by atoms with Crippen molar-refractivity contribution in [2.75, 3.05) is 17.2 Å². The zero-order chi connectivity index (χ0) is 25.0. The van der Waals surface area contributed by atoms with E-state index in [1.54, 1.807) is 55.5 Å². The molecule has 0 aliphatic carbocycles. The van der Waals surface area contributed by atoms with Crippen LogP contribution < -0.4 is 20.8 Å². The van der Waals surface area contributed by atoms with Crippen molar-refractivity contribution in [2.24, 2.45) is 5.10 Å². The highest BCUT2D eigenvalue weighted by molar-refractivity contribution is 6.40. The van der Waals surface area contributed by atoms with Gasteiger partial charge < -0.3 is 15.4 Å². The summed E-state index contributed by atoms with van der Waals surface area (Å²) in [5.74, 6) is -1.66. The van der Waals surface area contributed by atoms with Crippen LogP contribution in [0.4, 0.5) is 11.4 Å². The lowest BCUT2D eigenvalue weighted by Gasteiger charge is -2.11. The highest BCUT2D eigenvalue weighted by Crippen LogP contribution is 2.19. The molecule has 8 heteroatoms. The zero-order valence-electron chi connectivity index (χ0n) is 19.4. The van der Waals surface area contributed by atoms with E-state index in [9.17, 15) is 14.4 Å². The molecule has 0 spiro atoms. The summed E-state index contributed by atoms with van der Waals surface area (Å²) in [5.41, 5.74) is 4.66. The molecule has 35 heavy (non-hydrogen) atoms. The summed E-state index contributed by atoms with van der Waals surface area (Å²) in [6.45, 7) is 4.12. The molecule has 8 nitrogen and oxygen atoms in total. The van der Waals surface area contributed by atoms with Gasteiger partial charge in [-0.25, -0.2) is 5.43 Å². The number of hydrogen-bond acceptors (Lipinski definition) is 5. The van der Waals surface area contributed by atoms with Crippen LogP contribution in [0.5, 0.6) is 5.75 Å². The number of benzene rings is 3. The van der Waals surface area contributed by atoms with Gasteiger partial charge in [0.05, 0.1) is 23.6 Å². The molecule has 3 amide bonds. The minimum Gasteiger partial charge on any atom is -0.494 e. The van der Waals surface area contributed by atoms with Gasteiger partial charge in [0.25, 0.3) is 5.91 Å². The molecular weight excluding hydrogens is 444 g/mol. The fourth-order valence-electron chi connectivity index (χ4n) is 2.98. The number of allylic oxidation sites excluding steroid dienone is 1. The molecule has 0 saturated heterocycles. The van der Waals surface area contributed by atoms with Gasteiger partial charge >= 0.3 is 11.8 Å². The summed E-state index contributed by atoms with van der Waals surface area (Å²) >= 11 is 0. The van der Waals surface area contributed by atoms with E-state index in [1.807, 2.05) is 43.3 Å². The Morgan fingerprint density at radius 1 is 0.857 bits per heavy atom. The number of rotatable bonds is 8. The summed E-state index contributed by atoms with van der Waals surface area (Å²) < 4.78 is 5.39. The fourth-order valence-corrected chi connectivity index (χ4v) is 2.98. The maximum absolute atomic E-state index is 12.8. The molecule has 3 aromatic carbocycles. The highest BCUT2D eigenvalue weighted by Gasteiger charge is 2.18. The first-order valence-corrected chi connectivity index (χ1v) is 11.0. The Kier molecular flexibility index (Phi) is 8.90. The van der Waals surface area contributed by atoms with Crippen molar-refractivity contribution in [3.8, 4) is 5.75 Å². The third kappa shape index (κ3) is 7.68. The fraction of sp³-hybridized carbons (Fsp3) is 0.111. The van der Waals surface area contributed by atoms with Crippen LogP contribution in [0.3, 0.4) is 0 Å².